The summed E-state index contributed by atoms with van der Waals surface area (Å²) in [5.74, 6) is 0.630. The maximum absolute atomic E-state index is 6.60. The van der Waals surface area contributed by atoms with Gasteiger partial charge in [-0.3, -0.25) is 0 Å². The normalized spacial score (nSPS) is 11.8. The lowest BCUT2D eigenvalue weighted by Gasteiger charge is -2.08. The molecule has 0 bridgehead atoms. The first kappa shape index (κ1) is 23.0. The third kappa shape index (κ3) is 3.42. The highest BCUT2D eigenvalue weighted by atomic mass is 16.3. The van der Waals surface area contributed by atoms with Gasteiger partial charge in [0.25, 0.3) is 0 Å². The van der Waals surface area contributed by atoms with Crippen LogP contribution in [0.4, 0.5) is 0 Å². The van der Waals surface area contributed by atoms with Gasteiger partial charge in [0.2, 0.25) is 0 Å². The third-order valence-corrected chi connectivity index (χ3v) is 8.09. The average Bonchev–Trinajstić information content (AvgIpc) is 3.63. The lowest BCUT2D eigenvalue weighted by molar-refractivity contribution is 0.667. The molecule has 0 saturated heterocycles. The van der Waals surface area contributed by atoms with E-state index >= 15 is 0 Å². The molecule has 0 spiro atoms. The molecule has 4 heteroatoms. The summed E-state index contributed by atoms with van der Waals surface area (Å²) in [5.41, 5.74) is 9.00. The second kappa shape index (κ2) is 8.88. The summed E-state index contributed by atoms with van der Waals surface area (Å²) in [5, 5.41) is 5.40. The Morgan fingerprint density at radius 3 is 1.88 bits per heavy atom. The van der Waals surface area contributed by atoms with Gasteiger partial charge >= 0.3 is 0 Å². The van der Waals surface area contributed by atoms with Gasteiger partial charge in [0, 0.05) is 32.7 Å². The molecule has 196 valence electrons. The molecule has 0 unspecified atom stereocenters. The molecule has 0 radical (unpaired) electrons. The van der Waals surface area contributed by atoms with Crippen LogP contribution in [0.5, 0.6) is 0 Å². The number of aromatic nitrogens is 2. The van der Waals surface area contributed by atoms with Gasteiger partial charge in [-0.2, -0.15) is 0 Å². The number of para-hydroxylation sites is 1. The Hall–Kier alpha value is -5.74. The minimum absolute atomic E-state index is 0.630. The minimum atomic E-state index is 0.630. The van der Waals surface area contributed by atoms with Crippen molar-refractivity contribution in [3.63, 3.8) is 0 Å². The second-order valence-corrected chi connectivity index (χ2v) is 10.6. The van der Waals surface area contributed by atoms with Crippen molar-refractivity contribution in [3.8, 4) is 33.8 Å². The van der Waals surface area contributed by atoms with Gasteiger partial charge in [0.1, 0.15) is 28.0 Å². The zero-order valence-electron chi connectivity index (χ0n) is 22.4. The first-order valence-corrected chi connectivity index (χ1v) is 14.0. The van der Waals surface area contributed by atoms with Gasteiger partial charge in [-0.1, -0.05) is 103 Å². The van der Waals surface area contributed by atoms with Gasteiger partial charge in [-0.05, 0) is 46.8 Å². The zero-order valence-corrected chi connectivity index (χ0v) is 22.4. The molecule has 0 N–H and O–H groups in total. The molecule has 9 aromatic rings. The lowest BCUT2D eigenvalue weighted by Crippen LogP contribution is -1.93. The van der Waals surface area contributed by atoms with Crippen molar-refractivity contribution in [2.24, 2.45) is 0 Å². The van der Waals surface area contributed by atoms with E-state index in [-0.39, 0.29) is 0 Å². The fourth-order valence-corrected chi connectivity index (χ4v) is 6.11. The number of nitrogens with zero attached hydrogens (tertiary/aromatic N) is 2. The predicted molar refractivity (Wildman–Crippen MR) is 170 cm³/mol. The van der Waals surface area contributed by atoms with Crippen LogP contribution in [0.1, 0.15) is 0 Å². The third-order valence-electron chi connectivity index (χ3n) is 8.09. The Kier molecular flexibility index (Phi) is 4.87. The van der Waals surface area contributed by atoms with E-state index in [1.807, 2.05) is 48.5 Å². The van der Waals surface area contributed by atoms with Gasteiger partial charge in [-0.15, -0.1) is 0 Å². The number of hydrogen-bond donors (Lipinski definition) is 0. The van der Waals surface area contributed by atoms with E-state index < -0.39 is 0 Å². The highest BCUT2D eigenvalue weighted by Gasteiger charge is 2.20. The van der Waals surface area contributed by atoms with Crippen LogP contribution < -0.4 is 0 Å². The van der Waals surface area contributed by atoms with Crippen LogP contribution in [0, 0.1) is 0 Å². The largest absolute Gasteiger partial charge is 0.455 e. The molecule has 0 amide bonds. The number of benzene rings is 6. The van der Waals surface area contributed by atoms with E-state index in [0.29, 0.717) is 11.4 Å². The molecule has 0 saturated carbocycles. The fraction of sp³-hybridized carbons (Fsp3) is 0. The summed E-state index contributed by atoms with van der Waals surface area (Å²) in [4.78, 5) is 10.1. The first-order valence-electron chi connectivity index (χ1n) is 14.0. The smallest absolute Gasteiger partial charge is 0.180 e. The Labute approximate surface area is 240 Å². The molecule has 0 aliphatic heterocycles. The number of fused-ring (bicyclic) bond motifs is 8. The zero-order chi connectivity index (χ0) is 27.6. The molecule has 0 aliphatic rings. The molecular formula is C38H22N2O2. The van der Waals surface area contributed by atoms with Crippen LogP contribution >= 0.6 is 0 Å². The topological polar surface area (TPSA) is 52.1 Å². The molecule has 3 heterocycles. The fourth-order valence-electron chi connectivity index (χ4n) is 6.11. The minimum Gasteiger partial charge on any atom is -0.455 e. The summed E-state index contributed by atoms with van der Waals surface area (Å²) in [6.45, 7) is 0. The molecule has 4 nitrogen and oxygen atoms in total. The molecule has 0 atom stereocenters. The molecule has 6 aromatic carbocycles. The van der Waals surface area contributed by atoms with Gasteiger partial charge < -0.3 is 8.83 Å². The predicted octanol–water partition coefficient (Wildman–Crippen LogP) is 10.4. The van der Waals surface area contributed by atoms with Gasteiger partial charge in [-0.25, -0.2) is 9.97 Å². The molecular weight excluding hydrogens is 516 g/mol. The van der Waals surface area contributed by atoms with Crippen molar-refractivity contribution in [1.29, 1.82) is 0 Å². The van der Waals surface area contributed by atoms with Crippen LogP contribution in [0.25, 0.3) is 88.6 Å². The highest BCUT2D eigenvalue weighted by molar-refractivity contribution is 6.19. The summed E-state index contributed by atoms with van der Waals surface area (Å²) >= 11 is 0. The van der Waals surface area contributed by atoms with Crippen molar-refractivity contribution in [2.75, 3.05) is 0 Å². The Morgan fingerprint density at radius 2 is 1.07 bits per heavy atom. The van der Waals surface area contributed by atoms with E-state index in [1.165, 1.54) is 16.5 Å². The maximum atomic E-state index is 6.60. The van der Waals surface area contributed by atoms with Crippen LogP contribution in [0.2, 0.25) is 0 Å². The number of hydrogen-bond acceptors (Lipinski definition) is 4. The summed E-state index contributed by atoms with van der Waals surface area (Å²) < 4.78 is 12.9. The molecule has 0 aliphatic carbocycles. The maximum Gasteiger partial charge on any atom is 0.180 e. The van der Waals surface area contributed by atoms with E-state index in [2.05, 4.69) is 84.9 Å². The number of furan rings is 2. The Morgan fingerprint density at radius 1 is 0.405 bits per heavy atom. The molecule has 9 rings (SSSR count). The molecule has 42 heavy (non-hydrogen) atoms. The average molecular weight is 539 g/mol. The highest BCUT2D eigenvalue weighted by Crippen LogP contribution is 2.41. The number of rotatable bonds is 3. The van der Waals surface area contributed by atoms with Crippen LogP contribution in [-0.4, -0.2) is 9.97 Å². The monoisotopic (exact) mass is 538 g/mol. The van der Waals surface area contributed by atoms with Crippen molar-refractivity contribution in [2.45, 2.75) is 0 Å². The van der Waals surface area contributed by atoms with Gasteiger partial charge in [0.15, 0.2) is 11.4 Å². The second-order valence-electron chi connectivity index (χ2n) is 10.6. The van der Waals surface area contributed by atoms with Crippen LogP contribution in [0.15, 0.2) is 142 Å². The van der Waals surface area contributed by atoms with Crippen molar-refractivity contribution < 1.29 is 8.83 Å². The van der Waals surface area contributed by atoms with E-state index in [0.717, 1.165) is 60.6 Å². The van der Waals surface area contributed by atoms with Crippen LogP contribution in [-0.2, 0) is 0 Å². The van der Waals surface area contributed by atoms with E-state index in [1.54, 1.807) is 0 Å². The SMILES string of the molecule is c1ccc(-c2cc3c4ccc(-c5nc(-c6ccccc6)c6oc7ccccc7c6n5)cc4oc3c3ccccc23)cc1. The van der Waals surface area contributed by atoms with Crippen molar-refractivity contribution in [1.82, 2.24) is 9.97 Å². The van der Waals surface area contributed by atoms with Crippen LogP contribution in [0.3, 0.4) is 0 Å². The summed E-state index contributed by atoms with van der Waals surface area (Å²) in [6.07, 6.45) is 0. The summed E-state index contributed by atoms with van der Waals surface area (Å²) in [7, 11) is 0. The summed E-state index contributed by atoms with van der Waals surface area (Å²) in [6, 6.07) is 45.7. The van der Waals surface area contributed by atoms with Crippen molar-refractivity contribution >= 4 is 54.8 Å². The molecule has 0 fully saturated rings. The van der Waals surface area contributed by atoms with Crippen molar-refractivity contribution in [3.05, 3.63) is 133 Å². The van der Waals surface area contributed by atoms with Gasteiger partial charge in [0.05, 0.1) is 0 Å². The Bertz CT molecular complexity index is 2460. The molecule has 3 aromatic heterocycles. The standard InChI is InChI=1S/C38H22N2O2/c1-3-11-23(12-4-1)30-22-31-27-20-19-25(21-33(27)42-36(31)28-16-8-7-15-26(28)30)38-39-34(24-13-5-2-6-14-24)37-35(40-38)29-17-9-10-18-32(29)41-37/h1-22H. The Balaban J connectivity index is 1.30. The quantitative estimate of drug-likeness (QED) is 0.224. The van der Waals surface area contributed by atoms with E-state index in [4.69, 9.17) is 18.8 Å². The van der Waals surface area contributed by atoms with E-state index in [9.17, 15) is 0 Å². The lowest BCUT2D eigenvalue weighted by atomic mass is 9.95. The first-order chi connectivity index (χ1) is 20.8.